The SMILES string of the molecule is c1ccc2sc(C3CNCC4(CCCC4)CO3)nc2c1. The molecule has 0 amide bonds. The predicted molar refractivity (Wildman–Crippen MR) is 82.1 cm³/mol. The summed E-state index contributed by atoms with van der Waals surface area (Å²) >= 11 is 1.77. The number of nitrogens with one attached hydrogen (secondary N) is 1. The molecule has 1 atom stereocenters. The fourth-order valence-electron chi connectivity index (χ4n) is 3.49. The van der Waals surface area contributed by atoms with Crippen LogP contribution in [0, 0.1) is 5.41 Å². The number of benzene rings is 1. The molecular formula is C16H20N2OS. The highest BCUT2D eigenvalue weighted by atomic mass is 32.1. The molecule has 1 aromatic carbocycles. The molecule has 20 heavy (non-hydrogen) atoms. The number of para-hydroxylation sites is 1. The maximum absolute atomic E-state index is 6.24. The Hall–Kier alpha value is -0.970. The van der Waals surface area contributed by atoms with Crippen LogP contribution in [-0.4, -0.2) is 24.7 Å². The van der Waals surface area contributed by atoms with Crippen LogP contribution in [0.3, 0.4) is 0 Å². The van der Waals surface area contributed by atoms with Gasteiger partial charge in [0, 0.05) is 18.5 Å². The third kappa shape index (κ3) is 2.26. The molecule has 2 aromatic rings. The lowest BCUT2D eigenvalue weighted by atomic mass is 9.87. The monoisotopic (exact) mass is 288 g/mol. The Morgan fingerprint density at radius 2 is 2.10 bits per heavy atom. The summed E-state index contributed by atoms with van der Waals surface area (Å²) in [6, 6.07) is 8.34. The summed E-state index contributed by atoms with van der Waals surface area (Å²) in [6.07, 6.45) is 5.46. The summed E-state index contributed by atoms with van der Waals surface area (Å²) < 4.78 is 7.50. The van der Waals surface area contributed by atoms with Crippen LogP contribution >= 0.6 is 11.3 Å². The van der Waals surface area contributed by atoms with Crippen molar-refractivity contribution in [2.24, 2.45) is 5.41 Å². The van der Waals surface area contributed by atoms with Crippen LogP contribution in [0.4, 0.5) is 0 Å². The molecule has 1 aliphatic heterocycles. The molecule has 1 saturated carbocycles. The largest absolute Gasteiger partial charge is 0.369 e. The van der Waals surface area contributed by atoms with E-state index in [4.69, 9.17) is 9.72 Å². The fraction of sp³-hybridized carbons (Fsp3) is 0.562. The Kier molecular flexibility index (Phi) is 3.25. The van der Waals surface area contributed by atoms with Gasteiger partial charge in [0.2, 0.25) is 0 Å². The summed E-state index contributed by atoms with van der Waals surface area (Å²) in [4.78, 5) is 4.75. The van der Waals surface area contributed by atoms with Gasteiger partial charge in [-0.3, -0.25) is 0 Å². The van der Waals surface area contributed by atoms with E-state index < -0.39 is 0 Å². The van der Waals surface area contributed by atoms with Crippen molar-refractivity contribution in [2.75, 3.05) is 19.7 Å². The van der Waals surface area contributed by atoms with Gasteiger partial charge < -0.3 is 10.1 Å². The molecule has 1 N–H and O–H groups in total. The Morgan fingerprint density at radius 1 is 1.25 bits per heavy atom. The van der Waals surface area contributed by atoms with Gasteiger partial charge in [-0.25, -0.2) is 4.98 Å². The number of hydrogen-bond donors (Lipinski definition) is 1. The molecule has 106 valence electrons. The van der Waals surface area contributed by atoms with E-state index in [1.54, 1.807) is 11.3 Å². The Balaban J connectivity index is 1.56. The van der Waals surface area contributed by atoms with Crippen LogP contribution in [0.5, 0.6) is 0 Å². The van der Waals surface area contributed by atoms with Gasteiger partial charge in [0.15, 0.2) is 0 Å². The smallest absolute Gasteiger partial charge is 0.124 e. The summed E-state index contributed by atoms with van der Waals surface area (Å²) in [6.45, 7) is 2.89. The van der Waals surface area contributed by atoms with Gasteiger partial charge in [-0.15, -0.1) is 11.3 Å². The molecule has 1 spiro atoms. The van der Waals surface area contributed by atoms with Crippen LogP contribution < -0.4 is 5.32 Å². The standard InChI is InChI=1S/C16H20N2OS/c1-2-6-14-12(5-1)18-15(20-14)13-9-17-10-16(11-19-13)7-3-4-8-16/h1-2,5-6,13,17H,3-4,7-11H2. The van der Waals surface area contributed by atoms with Crippen molar-refractivity contribution in [1.29, 1.82) is 0 Å². The number of thiazole rings is 1. The highest BCUT2D eigenvalue weighted by Crippen LogP contribution is 2.40. The zero-order valence-electron chi connectivity index (χ0n) is 11.6. The van der Waals surface area contributed by atoms with Crippen molar-refractivity contribution >= 4 is 21.6 Å². The van der Waals surface area contributed by atoms with Gasteiger partial charge in [0.25, 0.3) is 0 Å². The molecular weight excluding hydrogens is 268 g/mol. The lowest BCUT2D eigenvalue weighted by molar-refractivity contribution is 0.0158. The molecule has 0 radical (unpaired) electrons. The average Bonchev–Trinajstić information content (AvgIpc) is 3.03. The van der Waals surface area contributed by atoms with E-state index in [2.05, 4.69) is 23.5 Å². The number of hydrogen-bond acceptors (Lipinski definition) is 4. The van der Waals surface area contributed by atoms with Crippen LogP contribution in [0.1, 0.15) is 36.8 Å². The molecule has 0 bridgehead atoms. The number of ether oxygens (including phenoxy) is 1. The average molecular weight is 288 g/mol. The first-order chi connectivity index (χ1) is 9.85. The zero-order valence-corrected chi connectivity index (χ0v) is 12.4. The number of nitrogens with zero attached hydrogens (tertiary/aromatic N) is 1. The van der Waals surface area contributed by atoms with E-state index in [0.717, 1.165) is 30.2 Å². The van der Waals surface area contributed by atoms with Crippen molar-refractivity contribution < 1.29 is 4.74 Å². The van der Waals surface area contributed by atoms with E-state index in [-0.39, 0.29) is 6.10 Å². The first-order valence-corrected chi connectivity index (χ1v) is 8.34. The Labute approximate surface area is 123 Å². The third-order valence-corrected chi connectivity index (χ3v) is 5.80. The third-order valence-electron chi connectivity index (χ3n) is 4.67. The van der Waals surface area contributed by atoms with E-state index in [9.17, 15) is 0 Å². The first-order valence-electron chi connectivity index (χ1n) is 7.53. The van der Waals surface area contributed by atoms with Crippen molar-refractivity contribution in [3.05, 3.63) is 29.3 Å². The highest BCUT2D eigenvalue weighted by molar-refractivity contribution is 7.18. The summed E-state index contributed by atoms with van der Waals surface area (Å²) in [5, 5.41) is 4.73. The van der Waals surface area contributed by atoms with Gasteiger partial charge in [-0.2, -0.15) is 0 Å². The van der Waals surface area contributed by atoms with Crippen molar-refractivity contribution in [2.45, 2.75) is 31.8 Å². The van der Waals surface area contributed by atoms with Crippen LogP contribution in [0.15, 0.2) is 24.3 Å². The summed E-state index contributed by atoms with van der Waals surface area (Å²) in [7, 11) is 0. The maximum atomic E-state index is 6.24. The number of rotatable bonds is 1. The van der Waals surface area contributed by atoms with Gasteiger partial charge in [0.1, 0.15) is 11.1 Å². The molecule has 1 unspecified atom stereocenters. The molecule has 4 rings (SSSR count). The van der Waals surface area contributed by atoms with Crippen LogP contribution in [-0.2, 0) is 4.74 Å². The minimum Gasteiger partial charge on any atom is -0.369 e. The summed E-state index contributed by atoms with van der Waals surface area (Å²) in [5.74, 6) is 0. The number of aromatic nitrogens is 1. The maximum Gasteiger partial charge on any atom is 0.124 e. The quantitative estimate of drug-likeness (QED) is 0.872. The van der Waals surface area contributed by atoms with Gasteiger partial charge in [-0.05, 0) is 25.0 Å². The Morgan fingerprint density at radius 3 is 2.95 bits per heavy atom. The second kappa shape index (κ2) is 5.10. The molecule has 2 heterocycles. The normalized spacial score (nSPS) is 26.1. The van der Waals surface area contributed by atoms with E-state index >= 15 is 0 Å². The minimum atomic E-state index is 0.118. The van der Waals surface area contributed by atoms with Gasteiger partial charge >= 0.3 is 0 Å². The topological polar surface area (TPSA) is 34.1 Å². The minimum absolute atomic E-state index is 0.118. The van der Waals surface area contributed by atoms with E-state index in [0.29, 0.717) is 5.41 Å². The van der Waals surface area contributed by atoms with Crippen molar-refractivity contribution in [3.63, 3.8) is 0 Å². The predicted octanol–water partition coefficient (Wildman–Crippen LogP) is 3.52. The molecule has 3 nitrogen and oxygen atoms in total. The lowest BCUT2D eigenvalue weighted by Crippen LogP contribution is -2.32. The molecule has 1 aliphatic carbocycles. The zero-order chi connectivity index (χ0) is 13.4. The molecule has 2 fully saturated rings. The van der Waals surface area contributed by atoms with Crippen LogP contribution in [0.2, 0.25) is 0 Å². The van der Waals surface area contributed by atoms with E-state index in [1.165, 1.54) is 30.4 Å². The first kappa shape index (κ1) is 12.7. The lowest BCUT2D eigenvalue weighted by Gasteiger charge is -2.26. The van der Waals surface area contributed by atoms with Crippen molar-refractivity contribution in [1.82, 2.24) is 10.3 Å². The molecule has 1 aromatic heterocycles. The second-order valence-electron chi connectivity index (χ2n) is 6.16. The summed E-state index contributed by atoms with van der Waals surface area (Å²) in [5.41, 5.74) is 1.49. The number of fused-ring (bicyclic) bond motifs is 1. The van der Waals surface area contributed by atoms with E-state index in [1.807, 2.05) is 6.07 Å². The molecule has 1 saturated heterocycles. The Bertz CT molecular complexity index is 570. The highest BCUT2D eigenvalue weighted by Gasteiger charge is 2.37. The van der Waals surface area contributed by atoms with Gasteiger partial charge in [0.05, 0.1) is 16.8 Å². The van der Waals surface area contributed by atoms with Crippen molar-refractivity contribution in [3.8, 4) is 0 Å². The van der Waals surface area contributed by atoms with Crippen LogP contribution in [0.25, 0.3) is 10.2 Å². The molecule has 4 heteroatoms. The molecule has 2 aliphatic rings. The fourth-order valence-corrected chi connectivity index (χ4v) is 4.51. The van der Waals surface area contributed by atoms with Gasteiger partial charge in [-0.1, -0.05) is 25.0 Å². The second-order valence-corrected chi connectivity index (χ2v) is 7.22.